The Kier molecular flexibility index (Phi) is 5.61. The van der Waals surface area contributed by atoms with Crippen molar-refractivity contribution in [2.75, 3.05) is 5.32 Å². The molecule has 0 aliphatic rings. The fraction of sp³-hybridized carbons (Fsp3) is 0.136. The highest BCUT2D eigenvalue weighted by Gasteiger charge is 2.08. The summed E-state index contributed by atoms with van der Waals surface area (Å²) in [5.41, 5.74) is 4.87. The lowest BCUT2D eigenvalue weighted by Gasteiger charge is -2.09. The number of carbonyl (C=O) groups is 2. The fourth-order valence-corrected chi connectivity index (χ4v) is 2.69. The van der Waals surface area contributed by atoms with Crippen molar-refractivity contribution in [1.82, 2.24) is 10.3 Å². The van der Waals surface area contributed by atoms with Gasteiger partial charge in [0.05, 0.1) is 17.4 Å². The van der Waals surface area contributed by atoms with Crippen LogP contribution in [0, 0.1) is 6.92 Å². The SMILES string of the molecule is CC(=O)c1ccc(Nc2cncc(C(=O)NCc3cccc(C)c3)c2)cc1. The van der Waals surface area contributed by atoms with Gasteiger partial charge in [-0.1, -0.05) is 29.8 Å². The molecule has 3 rings (SSSR count). The zero-order valence-corrected chi connectivity index (χ0v) is 15.3. The van der Waals surface area contributed by atoms with Crippen molar-refractivity contribution in [3.63, 3.8) is 0 Å². The number of nitrogens with zero attached hydrogens (tertiary/aromatic N) is 1. The van der Waals surface area contributed by atoms with Crippen molar-refractivity contribution in [2.24, 2.45) is 0 Å². The molecule has 1 heterocycles. The van der Waals surface area contributed by atoms with Gasteiger partial charge in [-0.15, -0.1) is 0 Å². The van der Waals surface area contributed by atoms with E-state index in [9.17, 15) is 9.59 Å². The topological polar surface area (TPSA) is 71.1 Å². The molecule has 2 aromatic carbocycles. The third-order valence-corrected chi connectivity index (χ3v) is 4.12. The largest absolute Gasteiger partial charge is 0.354 e. The number of pyridine rings is 1. The first-order valence-corrected chi connectivity index (χ1v) is 8.68. The van der Waals surface area contributed by atoms with Crippen LogP contribution in [0.15, 0.2) is 67.0 Å². The highest BCUT2D eigenvalue weighted by molar-refractivity contribution is 5.95. The van der Waals surface area contributed by atoms with Crippen LogP contribution in [0.2, 0.25) is 0 Å². The maximum Gasteiger partial charge on any atom is 0.253 e. The van der Waals surface area contributed by atoms with E-state index in [4.69, 9.17) is 0 Å². The average Bonchev–Trinajstić information content (AvgIpc) is 2.67. The molecule has 1 amide bonds. The van der Waals surface area contributed by atoms with Gasteiger partial charge >= 0.3 is 0 Å². The van der Waals surface area contributed by atoms with Gasteiger partial charge in [0.25, 0.3) is 5.91 Å². The van der Waals surface area contributed by atoms with Crippen LogP contribution < -0.4 is 10.6 Å². The summed E-state index contributed by atoms with van der Waals surface area (Å²) < 4.78 is 0. The Morgan fingerprint density at radius 2 is 1.70 bits per heavy atom. The number of benzene rings is 2. The van der Waals surface area contributed by atoms with Gasteiger partial charge in [-0.05, 0) is 49.7 Å². The molecule has 1 aromatic heterocycles. The molecule has 0 spiro atoms. The summed E-state index contributed by atoms with van der Waals surface area (Å²) in [7, 11) is 0. The van der Waals surface area contributed by atoms with Gasteiger partial charge in [0.2, 0.25) is 0 Å². The molecule has 0 fully saturated rings. The summed E-state index contributed by atoms with van der Waals surface area (Å²) in [5, 5.41) is 6.10. The lowest BCUT2D eigenvalue weighted by molar-refractivity contribution is 0.0949. The van der Waals surface area contributed by atoms with Gasteiger partial charge < -0.3 is 10.6 Å². The minimum atomic E-state index is -0.181. The number of aryl methyl sites for hydroxylation is 1. The van der Waals surface area contributed by atoms with E-state index in [0.717, 1.165) is 16.8 Å². The molecule has 2 N–H and O–H groups in total. The number of anilines is 2. The number of hydrogen-bond acceptors (Lipinski definition) is 4. The Labute approximate surface area is 158 Å². The van der Waals surface area contributed by atoms with Gasteiger partial charge in [0.15, 0.2) is 5.78 Å². The Bertz CT molecular complexity index is 965. The van der Waals surface area contributed by atoms with Crippen molar-refractivity contribution in [2.45, 2.75) is 20.4 Å². The molecule has 27 heavy (non-hydrogen) atoms. The molecule has 0 saturated carbocycles. The minimum absolute atomic E-state index is 0.0236. The summed E-state index contributed by atoms with van der Waals surface area (Å²) in [6, 6.07) is 16.9. The molecule has 0 aliphatic heterocycles. The Balaban J connectivity index is 1.65. The van der Waals surface area contributed by atoms with E-state index < -0.39 is 0 Å². The van der Waals surface area contributed by atoms with Crippen molar-refractivity contribution >= 4 is 23.1 Å². The molecule has 0 unspecified atom stereocenters. The van der Waals surface area contributed by atoms with Gasteiger partial charge in [-0.2, -0.15) is 0 Å². The summed E-state index contributed by atoms with van der Waals surface area (Å²) in [4.78, 5) is 27.9. The molecule has 136 valence electrons. The van der Waals surface area contributed by atoms with Gasteiger partial charge in [0, 0.05) is 24.0 Å². The predicted molar refractivity (Wildman–Crippen MR) is 106 cm³/mol. The molecule has 3 aromatic rings. The van der Waals surface area contributed by atoms with E-state index in [1.165, 1.54) is 13.1 Å². The Morgan fingerprint density at radius 1 is 0.926 bits per heavy atom. The van der Waals surface area contributed by atoms with Crippen LogP contribution in [0.25, 0.3) is 0 Å². The van der Waals surface area contributed by atoms with E-state index in [2.05, 4.69) is 15.6 Å². The molecule has 0 saturated heterocycles. The van der Waals surface area contributed by atoms with Crippen LogP contribution in [0.5, 0.6) is 0 Å². The van der Waals surface area contributed by atoms with Crippen LogP contribution in [-0.4, -0.2) is 16.7 Å². The summed E-state index contributed by atoms with van der Waals surface area (Å²) in [6.45, 7) is 4.02. The van der Waals surface area contributed by atoms with E-state index in [-0.39, 0.29) is 11.7 Å². The molecule has 5 nitrogen and oxygen atoms in total. The molecule has 0 bridgehead atoms. The predicted octanol–water partition coefficient (Wildman–Crippen LogP) is 4.27. The van der Waals surface area contributed by atoms with Crippen molar-refractivity contribution in [1.29, 1.82) is 0 Å². The minimum Gasteiger partial charge on any atom is -0.354 e. The molecule has 0 aliphatic carbocycles. The second kappa shape index (κ2) is 8.27. The molecular formula is C22H21N3O2. The number of hydrogen-bond donors (Lipinski definition) is 2. The lowest BCUT2D eigenvalue weighted by atomic mass is 10.1. The standard InChI is InChI=1S/C22H21N3O2/c1-15-4-3-5-17(10-15)12-24-22(27)19-11-21(14-23-13-19)25-20-8-6-18(7-9-20)16(2)26/h3-11,13-14,25H,12H2,1-2H3,(H,24,27). The molecule has 0 atom stereocenters. The van der Waals surface area contributed by atoms with E-state index in [1.807, 2.05) is 43.3 Å². The van der Waals surface area contributed by atoms with Gasteiger partial charge in [0.1, 0.15) is 0 Å². The van der Waals surface area contributed by atoms with Crippen LogP contribution in [-0.2, 0) is 6.54 Å². The van der Waals surface area contributed by atoms with Crippen molar-refractivity contribution < 1.29 is 9.59 Å². The first kappa shape index (κ1) is 18.3. The number of nitrogens with one attached hydrogen (secondary N) is 2. The Morgan fingerprint density at radius 3 is 2.41 bits per heavy atom. The summed E-state index contributed by atoms with van der Waals surface area (Å²) in [5.74, 6) is -0.157. The molecule has 5 heteroatoms. The normalized spacial score (nSPS) is 10.3. The van der Waals surface area contributed by atoms with E-state index in [0.29, 0.717) is 23.4 Å². The van der Waals surface area contributed by atoms with Crippen LogP contribution >= 0.6 is 0 Å². The molecule has 0 radical (unpaired) electrons. The van der Waals surface area contributed by atoms with Crippen LogP contribution in [0.3, 0.4) is 0 Å². The Hall–Kier alpha value is -3.47. The van der Waals surface area contributed by atoms with Gasteiger partial charge in [-0.3, -0.25) is 14.6 Å². The van der Waals surface area contributed by atoms with Crippen molar-refractivity contribution in [3.05, 3.63) is 89.2 Å². The quantitative estimate of drug-likeness (QED) is 0.645. The second-order valence-corrected chi connectivity index (χ2v) is 6.39. The monoisotopic (exact) mass is 359 g/mol. The maximum absolute atomic E-state index is 12.4. The van der Waals surface area contributed by atoms with Gasteiger partial charge in [-0.25, -0.2) is 0 Å². The maximum atomic E-state index is 12.4. The highest BCUT2D eigenvalue weighted by atomic mass is 16.1. The van der Waals surface area contributed by atoms with Crippen molar-refractivity contribution in [3.8, 4) is 0 Å². The zero-order chi connectivity index (χ0) is 19.2. The second-order valence-electron chi connectivity index (χ2n) is 6.39. The van der Waals surface area contributed by atoms with Crippen LogP contribution in [0.4, 0.5) is 11.4 Å². The van der Waals surface area contributed by atoms with E-state index >= 15 is 0 Å². The highest BCUT2D eigenvalue weighted by Crippen LogP contribution is 2.18. The lowest BCUT2D eigenvalue weighted by Crippen LogP contribution is -2.23. The number of amides is 1. The number of aromatic nitrogens is 1. The van der Waals surface area contributed by atoms with E-state index in [1.54, 1.807) is 24.4 Å². The number of rotatable bonds is 6. The third-order valence-electron chi connectivity index (χ3n) is 4.12. The number of Topliss-reactive ketones (excluding diaryl/α,β-unsaturated/α-hetero) is 1. The van der Waals surface area contributed by atoms with Crippen LogP contribution in [0.1, 0.15) is 38.8 Å². The number of ketones is 1. The summed E-state index contributed by atoms with van der Waals surface area (Å²) >= 11 is 0. The molecular weight excluding hydrogens is 338 g/mol. The summed E-state index contributed by atoms with van der Waals surface area (Å²) in [6.07, 6.45) is 3.19. The average molecular weight is 359 g/mol. The first-order chi connectivity index (χ1) is 13.0. The smallest absolute Gasteiger partial charge is 0.253 e. The fourth-order valence-electron chi connectivity index (χ4n) is 2.69. The first-order valence-electron chi connectivity index (χ1n) is 8.68. The zero-order valence-electron chi connectivity index (χ0n) is 15.3. The number of carbonyl (C=O) groups excluding carboxylic acids is 2. The third kappa shape index (κ3) is 5.01.